The van der Waals surface area contributed by atoms with Crippen LogP contribution < -0.4 is 4.90 Å². The zero-order valence-corrected chi connectivity index (χ0v) is 18.0. The van der Waals surface area contributed by atoms with Crippen molar-refractivity contribution in [3.63, 3.8) is 0 Å². The molecule has 0 bridgehead atoms. The highest BCUT2D eigenvalue weighted by atomic mass is 32.1. The summed E-state index contributed by atoms with van der Waals surface area (Å²) in [7, 11) is 0. The highest BCUT2D eigenvalue weighted by Gasteiger charge is 2.30. The standard InChI is InChI=1S/C23H26FN5S/c1-17-5-4-6-19(15-17)27-13-11-26(12-14-27)16-28-23(30)29(18-9-10-18)22(25-28)20-7-2-3-8-21(20)24/h2-8,15,18H,9-14,16H2,1H3. The van der Waals surface area contributed by atoms with Crippen molar-refractivity contribution in [3.8, 4) is 11.4 Å². The minimum atomic E-state index is -0.252. The molecule has 1 aliphatic heterocycles. The Labute approximate surface area is 181 Å². The molecule has 0 amide bonds. The van der Waals surface area contributed by atoms with Crippen molar-refractivity contribution < 1.29 is 4.39 Å². The van der Waals surface area contributed by atoms with E-state index in [1.54, 1.807) is 12.1 Å². The predicted octanol–water partition coefficient (Wildman–Crippen LogP) is 4.64. The zero-order chi connectivity index (χ0) is 20.7. The maximum absolute atomic E-state index is 14.5. The van der Waals surface area contributed by atoms with Crippen LogP contribution in [0.1, 0.15) is 24.4 Å². The number of rotatable bonds is 5. The molecule has 2 heterocycles. The molecular weight excluding hydrogens is 397 g/mol. The van der Waals surface area contributed by atoms with E-state index in [0.717, 1.165) is 39.0 Å². The van der Waals surface area contributed by atoms with Gasteiger partial charge in [0.15, 0.2) is 10.6 Å². The van der Waals surface area contributed by atoms with Gasteiger partial charge in [0.1, 0.15) is 5.82 Å². The Balaban J connectivity index is 1.34. The molecule has 0 radical (unpaired) electrons. The lowest BCUT2D eigenvalue weighted by molar-refractivity contribution is 0.194. The van der Waals surface area contributed by atoms with E-state index in [0.29, 0.717) is 28.9 Å². The molecule has 0 N–H and O–H groups in total. The van der Waals surface area contributed by atoms with Gasteiger partial charge in [-0.1, -0.05) is 24.3 Å². The summed E-state index contributed by atoms with van der Waals surface area (Å²) in [5.74, 6) is 0.400. The molecule has 156 valence electrons. The number of aryl methyl sites for hydroxylation is 1. The van der Waals surface area contributed by atoms with Gasteiger partial charge in [0.25, 0.3) is 0 Å². The maximum Gasteiger partial charge on any atom is 0.199 e. The monoisotopic (exact) mass is 423 g/mol. The van der Waals surface area contributed by atoms with Crippen LogP contribution in [-0.4, -0.2) is 45.4 Å². The van der Waals surface area contributed by atoms with Gasteiger partial charge in [0.05, 0.1) is 12.2 Å². The van der Waals surface area contributed by atoms with Crippen molar-refractivity contribution in [2.75, 3.05) is 31.1 Å². The predicted molar refractivity (Wildman–Crippen MR) is 120 cm³/mol. The molecule has 1 saturated carbocycles. The first kappa shape index (κ1) is 19.5. The van der Waals surface area contributed by atoms with Gasteiger partial charge in [-0.2, -0.15) is 5.10 Å². The molecule has 5 rings (SSSR count). The quantitative estimate of drug-likeness (QED) is 0.559. The minimum absolute atomic E-state index is 0.252. The van der Waals surface area contributed by atoms with Crippen molar-refractivity contribution in [1.82, 2.24) is 19.2 Å². The van der Waals surface area contributed by atoms with Crippen LogP contribution in [0, 0.1) is 17.5 Å². The summed E-state index contributed by atoms with van der Waals surface area (Å²) in [6.45, 7) is 6.61. The van der Waals surface area contributed by atoms with Crippen molar-refractivity contribution in [1.29, 1.82) is 0 Å². The molecule has 0 unspecified atom stereocenters. The number of anilines is 1. The fourth-order valence-corrected chi connectivity index (χ4v) is 4.50. The number of piperazine rings is 1. The van der Waals surface area contributed by atoms with E-state index >= 15 is 0 Å². The summed E-state index contributed by atoms with van der Waals surface area (Å²) in [6.07, 6.45) is 2.16. The molecule has 0 atom stereocenters. The van der Waals surface area contributed by atoms with E-state index < -0.39 is 0 Å². The third kappa shape index (κ3) is 3.79. The van der Waals surface area contributed by atoms with E-state index in [2.05, 4.69) is 45.6 Å². The highest BCUT2D eigenvalue weighted by molar-refractivity contribution is 7.71. The smallest absolute Gasteiger partial charge is 0.199 e. The lowest BCUT2D eigenvalue weighted by Crippen LogP contribution is -2.47. The molecule has 30 heavy (non-hydrogen) atoms. The fraction of sp³-hybridized carbons (Fsp3) is 0.391. The molecule has 1 saturated heterocycles. The summed E-state index contributed by atoms with van der Waals surface area (Å²) >= 11 is 5.76. The summed E-state index contributed by atoms with van der Waals surface area (Å²) in [4.78, 5) is 4.80. The van der Waals surface area contributed by atoms with Crippen LogP contribution in [0.4, 0.5) is 10.1 Å². The van der Waals surface area contributed by atoms with Gasteiger partial charge in [-0.15, -0.1) is 0 Å². The van der Waals surface area contributed by atoms with Crippen LogP contribution in [-0.2, 0) is 6.67 Å². The first-order valence-electron chi connectivity index (χ1n) is 10.6. The normalized spacial score (nSPS) is 17.5. The second kappa shape index (κ2) is 7.96. The van der Waals surface area contributed by atoms with E-state index in [9.17, 15) is 4.39 Å². The van der Waals surface area contributed by atoms with E-state index in [1.807, 2.05) is 10.7 Å². The number of benzene rings is 2. The van der Waals surface area contributed by atoms with E-state index in [1.165, 1.54) is 17.3 Å². The number of hydrogen-bond acceptors (Lipinski definition) is 4. The van der Waals surface area contributed by atoms with Crippen LogP contribution in [0.25, 0.3) is 11.4 Å². The summed E-state index contributed by atoms with van der Waals surface area (Å²) in [5.41, 5.74) is 3.09. The van der Waals surface area contributed by atoms with Gasteiger partial charge in [0, 0.05) is 37.9 Å². The molecule has 0 spiro atoms. The zero-order valence-electron chi connectivity index (χ0n) is 17.2. The molecule has 1 aromatic heterocycles. The topological polar surface area (TPSA) is 29.2 Å². The van der Waals surface area contributed by atoms with Crippen LogP contribution in [0.15, 0.2) is 48.5 Å². The largest absolute Gasteiger partial charge is 0.369 e. The molecule has 1 aliphatic carbocycles. The molecule has 2 aliphatic rings. The third-order valence-corrected chi connectivity index (χ3v) is 6.38. The van der Waals surface area contributed by atoms with Crippen LogP contribution >= 0.6 is 12.2 Å². The van der Waals surface area contributed by atoms with Gasteiger partial charge in [-0.3, -0.25) is 9.47 Å². The van der Waals surface area contributed by atoms with Crippen LogP contribution in [0.3, 0.4) is 0 Å². The Bertz CT molecular complexity index is 1110. The minimum Gasteiger partial charge on any atom is -0.369 e. The third-order valence-electron chi connectivity index (χ3n) is 5.97. The first-order chi connectivity index (χ1) is 14.6. The Morgan fingerprint density at radius 2 is 1.80 bits per heavy atom. The SMILES string of the molecule is Cc1cccc(N2CCN(Cn3nc(-c4ccccc4F)n(C4CC4)c3=S)CC2)c1. The average Bonchev–Trinajstić information content (AvgIpc) is 3.54. The van der Waals surface area contributed by atoms with Crippen molar-refractivity contribution in [3.05, 3.63) is 64.7 Å². The van der Waals surface area contributed by atoms with Gasteiger partial charge < -0.3 is 4.90 Å². The summed E-state index contributed by atoms with van der Waals surface area (Å²) in [6, 6.07) is 15.8. The van der Waals surface area contributed by atoms with Gasteiger partial charge in [-0.25, -0.2) is 9.07 Å². The van der Waals surface area contributed by atoms with Crippen molar-refractivity contribution in [2.45, 2.75) is 32.5 Å². The van der Waals surface area contributed by atoms with Gasteiger partial charge >= 0.3 is 0 Å². The van der Waals surface area contributed by atoms with Gasteiger partial charge in [0.2, 0.25) is 0 Å². The number of halogens is 1. The van der Waals surface area contributed by atoms with Gasteiger partial charge in [-0.05, 0) is 61.8 Å². The second-order valence-electron chi connectivity index (χ2n) is 8.27. The fourth-order valence-electron chi connectivity index (χ4n) is 4.16. The van der Waals surface area contributed by atoms with E-state index in [4.69, 9.17) is 17.3 Å². The molecule has 3 aromatic rings. The summed E-state index contributed by atoms with van der Waals surface area (Å²) < 4.78 is 19.1. The maximum atomic E-state index is 14.5. The molecule has 2 fully saturated rings. The first-order valence-corrected chi connectivity index (χ1v) is 11.0. The van der Waals surface area contributed by atoms with Crippen molar-refractivity contribution in [2.24, 2.45) is 0 Å². The molecule has 7 heteroatoms. The Hall–Kier alpha value is -2.51. The second-order valence-corrected chi connectivity index (χ2v) is 8.64. The average molecular weight is 424 g/mol. The summed E-state index contributed by atoms with van der Waals surface area (Å²) in [5, 5.41) is 4.77. The van der Waals surface area contributed by atoms with Crippen molar-refractivity contribution >= 4 is 17.9 Å². The molecule has 5 nitrogen and oxygen atoms in total. The molecule has 2 aromatic carbocycles. The number of nitrogens with zero attached hydrogens (tertiary/aromatic N) is 5. The lowest BCUT2D eigenvalue weighted by atomic mass is 10.2. The highest BCUT2D eigenvalue weighted by Crippen LogP contribution is 2.39. The number of aromatic nitrogens is 3. The Kier molecular flexibility index (Phi) is 5.16. The Morgan fingerprint density at radius 1 is 1.03 bits per heavy atom. The molecular formula is C23H26FN5S. The van der Waals surface area contributed by atoms with Crippen LogP contribution in [0.5, 0.6) is 0 Å². The number of hydrogen-bond donors (Lipinski definition) is 0. The van der Waals surface area contributed by atoms with Crippen LogP contribution in [0.2, 0.25) is 0 Å². The Morgan fingerprint density at radius 3 is 2.50 bits per heavy atom. The van der Waals surface area contributed by atoms with E-state index in [-0.39, 0.29) is 5.82 Å². The lowest BCUT2D eigenvalue weighted by Gasteiger charge is -2.36.